The van der Waals surface area contributed by atoms with Crippen LogP contribution in [0.2, 0.25) is 0 Å². The van der Waals surface area contributed by atoms with Gasteiger partial charge in [-0.3, -0.25) is 4.79 Å². The summed E-state index contributed by atoms with van der Waals surface area (Å²) in [6, 6.07) is 19.4. The van der Waals surface area contributed by atoms with Crippen molar-refractivity contribution in [2.24, 2.45) is 0 Å². The molecule has 0 saturated heterocycles. The fraction of sp³-hybridized carbons (Fsp3) is 0.0952. The Labute approximate surface area is 165 Å². The van der Waals surface area contributed by atoms with Gasteiger partial charge in [-0.05, 0) is 54.1 Å². The van der Waals surface area contributed by atoms with E-state index in [1.54, 1.807) is 48.5 Å². The molecule has 0 saturated carbocycles. The van der Waals surface area contributed by atoms with Crippen molar-refractivity contribution in [3.63, 3.8) is 0 Å². The van der Waals surface area contributed by atoms with Crippen LogP contribution in [-0.2, 0) is 6.54 Å². The van der Waals surface area contributed by atoms with E-state index in [1.165, 1.54) is 24.3 Å². The third-order valence-corrected chi connectivity index (χ3v) is 4.01. The van der Waals surface area contributed by atoms with E-state index in [-0.39, 0.29) is 11.7 Å². The lowest BCUT2D eigenvalue weighted by molar-refractivity contribution is -0.274. The van der Waals surface area contributed by atoms with Gasteiger partial charge in [0.1, 0.15) is 5.75 Å². The number of nitrogens with one attached hydrogen (secondary N) is 2. The molecular weight excluding hydrogens is 383 g/mol. The molecule has 150 valence electrons. The molecule has 0 aromatic heterocycles. The summed E-state index contributed by atoms with van der Waals surface area (Å²) in [6.45, 7) is 0.438. The normalized spacial score (nSPS) is 11.0. The Morgan fingerprint density at radius 1 is 0.931 bits per heavy atom. The summed E-state index contributed by atoms with van der Waals surface area (Å²) in [7, 11) is 0. The van der Waals surface area contributed by atoms with Crippen LogP contribution in [0.4, 0.5) is 30.2 Å². The summed E-state index contributed by atoms with van der Waals surface area (Å²) in [5.41, 5.74) is 8.86. The van der Waals surface area contributed by atoms with E-state index in [4.69, 9.17) is 5.73 Å². The number of hydrogen-bond acceptors (Lipinski definition) is 4. The molecule has 29 heavy (non-hydrogen) atoms. The summed E-state index contributed by atoms with van der Waals surface area (Å²) in [5.74, 6) is -0.555. The zero-order chi connectivity index (χ0) is 20.9. The van der Waals surface area contributed by atoms with Gasteiger partial charge in [0.05, 0.1) is 11.4 Å². The zero-order valence-corrected chi connectivity index (χ0v) is 15.2. The number of anilines is 3. The molecule has 3 rings (SSSR count). The second kappa shape index (κ2) is 8.55. The summed E-state index contributed by atoms with van der Waals surface area (Å²) >= 11 is 0. The topological polar surface area (TPSA) is 76.4 Å². The number of alkyl halides is 3. The molecule has 0 fully saturated rings. The van der Waals surface area contributed by atoms with E-state index in [9.17, 15) is 18.0 Å². The lowest BCUT2D eigenvalue weighted by atomic mass is 10.1. The van der Waals surface area contributed by atoms with Gasteiger partial charge >= 0.3 is 6.36 Å². The van der Waals surface area contributed by atoms with Gasteiger partial charge in [0, 0.05) is 17.8 Å². The van der Waals surface area contributed by atoms with E-state index < -0.39 is 6.36 Å². The largest absolute Gasteiger partial charge is 0.573 e. The number of nitrogens with two attached hydrogens (primary N) is 1. The van der Waals surface area contributed by atoms with Crippen LogP contribution in [-0.4, -0.2) is 12.3 Å². The van der Waals surface area contributed by atoms with Crippen molar-refractivity contribution >= 4 is 23.0 Å². The Morgan fingerprint density at radius 2 is 1.59 bits per heavy atom. The maximum Gasteiger partial charge on any atom is 0.573 e. The molecular formula is C21H18F3N3O2. The van der Waals surface area contributed by atoms with Crippen LogP contribution in [0.5, 0.6) is 5.75 Å². The number of carbonyl (C=O) groups excluding carboxylic acids is 1. The third kappa shape index (κ3) is 5.90. The maximum absolute atomic E-state index is 12.3. The molecule has 0 atom stereocenters. The predicted molar refractivity (Wildman–Crippen MR) is 106 cm³/mol. The number of rotatable bonds is 6. The average molecular weight is 401 g/mol. The minimum absolute atomic E-state index is 0.275. The number of amides is 1. The summed E-state index contributed by atoms with van der Waals surface area (Å²) in [6.07, 6.45) is -4.71. The summed E-state index contributed by atoms with van der Waals surface area (Å²) in [5, 5.41) is 5.85. The average Bonchev–Trinajstić information content (AvgIpc) is 2.68. The van der Waals surface area contributed by atoms with Crippen molar-refractivity contribution in [3.8, 4) is 5.75 Å². The van der Waals surface area contributed by atoms with E-state index in [0.717, 1.165) is 5.56 Å². The SMILES string of the molecule is Nc1ccccc1NC(=O)c1ccc(CNc2ccc(OC(F)(F)F)cc2)cc1. The number of carbonyl (C=O) groups is 1. The van der Waals surface area contributed by atoms with Crippen LogP contribution in [0, 0.1) is 0 Å². The van der Waals surface area contributed by atoms with Crippen molar-refractivity contribution < 1.29 is 22.7 Å². The lowest BCUT2D eigenvalue weighted by Crippen LogP contribution is -2.17. The number of nitrogen functional groups attached to an aromatic ring is 1. The Kier molecular flexibility index (Phi) is 5.92. The van der Waals surface area contributed by atoms with Crippen molar-refractivity contribution in [3.05, 3.63) is 83.9 Å². The highest BCUT2D eigenvalue weighted by Gasteiger charge is 2.30. The molecule has 0 bridgehead atoms. The Morgan fingerprint density at radius 3 is 2.21 bits per heavy atom. The molecule has 0 aliphatic carbocycles. The smallest absolute Gasteiger partial charge is 0.406 e. The molecule has 0 unspecified atom stereocenters. The van der Waals surface area contributed by atoms with Gasteiger partial charge in [-0.2, -0.15) is 0 Å². The molecule has 3 aromatic rings. The monoisotopic (exact) mass is 401 g/mol. The number of ether oxygens (including phenoxy) is 1. The number of hydrogen-bond donors (Lipinski definition) is 3. The molecule has 8 heteroatoms. The molecule has 1 amide bonds. The third-order valence-electron chi connectivity index (χ3n) is 4.01. The van der Waals surface area contributed by atoms with Gasteiger partial charge in [0.25, 0.3) is 5.91 Å². The molecule has 0 aliphatic heterocycles. The van der Waals surface area contributed by atoms with Crippen molar-refractivity contribution in [1.29, 1.82) is 0 Å². The Hall–Kier alpha value is -3.68. The first-order valence-electron chi connectivity index (χ1n) is 8.65. The Balaban J connectivity index is 1.55. The van der Waals surface area contributed by atoms with Gasteiger partial charge < -0.3 is 21.1 Å². The fourth-order valence-corrected chi connectivity index (χ4v) is 2.56. The second-order valence-electron chi connectivity index (χ2n) is 6.16. The lowest BCUT2D eigenvalue weighted by Gasteiger charge is -2.11. The van der Waals surface area contributed by atoms with Crippen LogP contribution in [0.25, 0.3) is 0 Å². The van der Waals surface area contributed by atoms with Crippen LogP contribution >= 0.6 is 0 Å². The van der Waals surface area contributed by atoms with Crippen molar-refractivity contribution in [2.75, 3.05) is 16.4 Å². The quantitative estimate of drug-likeness (QED) is 0.506. The van der Waals surface area contributed by atoms with Gasteiger partial charge in [-0.1, -0.05) is 24.3 Å². The van der Waals surface area contributed by atoms with Gasteiger partial charge in [0.2, 0.25) is 0 Å². The first kappa shape index (κ1) is 20.1. The highest BCUT2D eigenvalue weighted by atomic mass is 19.4. The molecule has 4 N–H and O–H groups in total. The molecule has 3 aromatic carbocycles. The van der Waals surface area contributed by atoms with E-state index in [2.05, 4.69) is 15.4 Å². The van der Waals surface area contributed by atoms with Gasteiger partial charge in [-0.15, -0.1) is 13.2 Å². The molecule has 5 nitrogen and oxygen atoms in total. The van der Waals surface area contributed by atoms with Crippen LogP contribution < -0.4 is 21.1 Å². The maximum atomic E-state index is 12.3. The summed E-state index contributed by atoms with van der Waals surface area (Å²) in [4.78, 5) is 12.3. The number of benzene rings is 3. The van der Waals surface area contributed by atoms with Crippen LogP contribution in [0.15, 0.2) is 72.8 Å². The number of halogens is 3. The standard InChI is InChI=1S/C21H18F3N3O2/c22-21(23,24)29-17-11-9-16(10-12-17)26-13-14-5-7-15(8-6-14)20(28)27-19-4-2-1-3-18(19)25/h1-12,26H,13,25H2,(H,27,28). The second-order valence-corrected chi connectivity index (χ2v) is 6.16. The molecule has 0 heterocycles. The minimum atomic E-state index is -4.71. The van der Waals surface area contributed by atoms with E-state index >= 15 is 0 Å². The predicted octanol–water partition coefficient (Wildman–Crippen LogP) is 5.03. The number of para-hydroxylation sites is 2. The molecule has 0 aliphatic rings. The fourth-order valence-electron chi connectivity index (χ4n) is 2.56. The highest BCUT2D eigenvalue weighted by molar-refractivity contribution is 6.05. The first-order valence-corrected chi connectivity index (χ1v) is 8.65. The van der Waals surface area contributed by atoms with Crippen LogP contribution in [0.3, 0.4) is 0 Å². The minimum Gasteiger partial charge on any atom is -0.406 e. The van der Waals surface area contributed by atoms with Crippen molar-refractivity contribution in [1.82, 2.24) is 0 Å². The zero-order valence-electron chi connectivity index (χ0n) is 15.2. The summed E-state index contributed by atoms with van der Waals surface area (Å²) < 4.78 is 40.3. The first-order chi connectivity index (χ1) is 13.8. The van der Waals surface area contributed by atoms with E-state index in [0.29, 0.717) is 29.2 Å². The molecule has 0 spiro atoms. The van der Waals surface area contributed by atoms with Crippen LogP contribution in [0.1, 0.15) is 15.9 Å². The van der Waals surface area contributed by atoms with Gasteiger partial charge in [0.15, 0.2) is 0 Å². The van der Waals surface area contributed by atoms with Gasteiger partial charge in [-0.25, -0.2) is 0 Å². The van der Waals surface area contributed by atoms with Crippen molar-refractivity contribution in [2.45, 2.75) is 12.9 Å². The molecule has 0 radical (unpaired) electrons. The van der Waals surface area contributed by atoms with E-state index in [1.807, 2.05) is 0 Å². The highest BCUT2D eigenvalue weighted by Crippen LogP contribution is 2.24. The Bertz CT molecular complexity index is 972.